The second-order valence-electron chi connectivity index (χ2n) is 5.65. The number of hydrogen-bond donors (Lipinski definition) is 0. The molecule has 5 atom stereocenters. The number of ketones is 1. The minimum absolute atomic E-state index is 0.341. The molecule has 3 rings (SSSR count). The van der Waals surface area contributed by atoms with Gasteiger partial charge in [-0.2, -0.15) is 0 Å². The number of allylic oxidation sites excluding steroid dienone is 4. The molecule has 2 saturated carbocycles. The minimum atomic E-state index is 0.341. The largest absolute Gasteiger partial charge is 0.294 e. The Morgan fingerprint density at radius 1 is 1.38 bits per heavy atom. The molecule has 16 heavy (non-hydrogen) atoms. The normalized spacial score (nSPS) is 47.0. The van der Waals surface area contributed by atoms with Crippen molar-refractivity contribution in [2.45, 2.75) is 33.1 Å². The van der Waals surface area contributed by atoms with E-state index >= 15 is 0 Å². The van der Waals surface area contributed by atoms with E-state index in [-0.39, 0.29) is 0 Å². The van der Waals surface area contributed by atoms with E-state index in [0.717, 1.165) is 18.4 Å². The molecule has 0 spiro atoms. The first kappa shape index (κ1) is 10.3. The average Bonchev–Trinajstić information content (AvgIpc) is 2.92. The van der Waals surface area contributed by atoms with E-state index < -0.39 is 0 Å². The summed E-state index contributed by atoms with van der Waals surface area (Å²) in [6.07, 6.45) is 10.3. The molecule has 0 amide bonds. The molecule has 0 aromatic rings. The van der Waals surface area contributed by atoms with Crippen LogP contribution in [-0.4, -0.2) is 5.78 Å². The molecule has 0 radical (unpaired) electrons. The third-order valence-electron chi connectivity index (χ3n) is 4.83. The highest BCUT2D eigenvalue weighted by atomic mass is 16.1. The first-order chi connectivity index (χ1) is 7.74. The second-order valence-corrected chi connectivity index (χ2v) is 5.65. The van der Waals surface area contributed by atoms with Gasteiger partial charge < -0.3 is 0 Å². The summed E-state index contributed by atoms with van der Waals surface area (Å²) in [5.41, 5.74) is 1.15. The third-order valence-corrected chi connectivity index (χ3v) is 4.83. The molecule has 3 unspecified atom stereocenters. The lowest BCUT2D eigenvalue weighted by molar-refractivity contribution is -0.119. The van der Waals surface area contributed by atoms with Gasteiger partial charge in [-0.05, 0) is 42.1 Å². The highest BCUT2D eigenvalue weighted by Crippen LogP contribution is 2.57. The van der Waals surface area contributed by atoms with Crippen molar-refractivity contribution < 1.29 is 4.79 Å². The Balaban J connectivity index is 1.91. The van der Waals surface area contributed by atoms with Crippen LogP contribution in [0.3, 0.4) is 0 Å². The van der Waals surface area contributed by atoms with Crippen LogP contribution in [0.2, 0.25) is 0 Å². The lowest BCUT2D eigenvalue weighted by Crippen LogP contribution is -2.20. The van der Waals surface area contributed by atoms with E-state index in [0.29, 0.717) is 35.4 Å². The third kappa shape index (κ3) is 1.20. The van der Waals surface area contributed by atoms with Gasteiger partial charge in [0.2, 0.25) is 0 Å². The summed E-state index contributed by atoms with van der Waals surface area (Å²) in [4.78, 5) is 12.4. The first-order valence-corrected chi connectivity index (χ1v) is 6.66. The fourth-order valence-electron chi connectivity index (χ4n) is 4.12. The van der Waals surface area contributed by atoms with Crippen molar-refractivity contribution in [2.24, 2.45) is 29.6 Å². The molecule has 86 valence electrons. The van der Waals surface area contributed by atoms with Crippen LogP contribution in [0.4, 0.5) is 0 Å². The maximum absolute atomic E-state index is 12.4. The molecule has 2 fully saturated rings. The molecule has 3 aliphatic rings. The number of rotatable bonds is 2. The summed E-state index contributed by atoms with van der Waals surface area (Å²) in [5, 5.41) is 0. The van der Waals surface area contributed by atoms with Crippen LogP contribution < -0.4 is 0 Å². The van der Waals surface area contributed by atoms with Gasteiger partial charge in [0.1, 0.15) is 0 Å². The smallest absolute Gasteiger partial charge is 0.162 e. The molecule has 3 aliphatic carbocycles. The zero-order valence-corrected chi connectivity index (χ0v) is 10.1. The van der Waals surface area contributed by atoms with Crippen LogP contribution in [0, 0.1) is 29.6 Å². The molecule has 1 heteroatoms. The van der Waals surface area contributed by atoms with Crippen molar-refractivity contribution in [1.82, 2.24) is 0 Å². The molecular formula is C15H20O. The summed E-state index contributed by atoms with van der Waals surface area (Å²) in [6, 6.07) is 0. The molecule has 1 nitrogen and oxygen atoms in total. The van der Waals surface area contributed by atoms with Gasteiger partial charge in [-0.3, -0.25) is 4.79 Å². The van der Waals surface area contributed by atoms with Gasteiger partial charge in [0.05, 0.1) is 0 Å². The molecule has 0 aromatic heterocycles. The monoisotopic (exact) mass is 216 g/mol. The Hall–Kier alpha value is -0.850. The summed E-state index contributed by atoms with van der Waals surface area (Å²) in [5.74, 6) is 3.21. The maximum Gasteiger partial charge on any atom is 0.162 e. The van der Waals surface area contributed by atoms with Gasteiger partial charge in [-0.1, -0.05) is 38.5 Å². The van der Waals surface area contributed by atoms with E-state index in [4.69, 9.17) is 0 Å². The van der Waals surface area contributed by atoms with Crippen molar-refractivity contribution in [3.8, 4) is 0 Å². The Kier molecular flexibility index (Phi) is 2.31. The summed E-state index contributed by atoms with van der Waals surface area (Å²) < 4.78 is 0. The van der Waals surface area contributed by atoms with Crippen LogP contribution in [0.25, 0.3) is 0 Å². The lowest BCUT2D eigenvalue weighted by atomic mass is 9.81. The van der Waals surface area contributed by atoms with Crippen molar-refractivity contribution in [1.29, 1.82) is 0 Å². The van der Waals surface area contributed by atoms with Crippen molar-refractivity contribution >= 4 is 5.78 Å². The highest BCUT2D eigenvalue weighted by Gasteiger charge is 2.55. The standard InChI is InChI=1S/C15H20O/c1-3-4-5-12-9(2)13-10-6-7-11(8-10)14(13)15(12)16/h5-7,9-11,13-14H,3-4,8H2,1-2H3/b12-5+/t9?,10-,11+,13?,14?/m0/s1. The zero-order valence-electron chi connectivity index (χ0n) is 10.1. The Labute approximate surface area is 97.6 Å². The van der Waals surface area contributed by atoms with Gasteiger partial charge in [0.15, 0.2) is 5.78 Å². The van der Waals surface area contributed by atoms with Gasteiger partial charge in [0.25, 0.3) is 0 Å². The van der Waals surface area contributed by atoms with Crippen LogP contribution >= 0.6 is 0 Å². The number of hydrogen-bond acceptors (Lipinski definition) is 1. The maximum atomic E-state index is 12.4. The van der Waals surface area contributed by atoms with Crippen LogP contribution in [0.15, 0.2) is 23.8 Å². The molecule has 0 saturated heterocycles. The zero-order chi connectivity index (χ0) is 11.3. The molecule has 0 N–H and O–H groups in total. The lowest BCUT2D eigenvalue weighted by Gasteiger charge is -2.21. The Morgan fingerprint density at radius 3 is 2.81 bits per heavy atom. The number of unbranched alkanes of at least 4 members (excludes halogenated alkanes) is 1. The fourth-order valence-corrected chi connectivity index (χ4v) is 4.12. The number of Topliss-reactive ketones (excluding diaryl/α,β-unsaturated/α-hetero) is 1. The van der Waals surface area contributed by atoms with Gasteiger partial charge >= 0.3 is 0 Å². The van der Waals surface area contributed by atoms with Gasteiger partial charge in [-0.25, -0.2) is 0 Å². The quantitative estimate of drug-likeness (QED) is 0.511. The number of fused-ring (bicyclic) bond motifs is 5. The highest BCUT2D eigenvalue weighted by molar-refractivity contribution is 6.01. The molecule has 0 aromatic carbocycles. The SMILES string of the molecule is CCC/C=C1/C(=O)C2C(C1C)[C@H]1C=C[C@@H]2C1. The molecular weight excluding hydrogens is 196 g/mol. The van der Waals surface area contributed by atoms with E-state index in [1.807, 2.05) is 0 Å². The van der Waals surface area contributed by atoms with E-state index in [2.05, 4.69) is 32.1 Å². The van der Waals surface area contributed by atoms with E-state index in [9.17, 15) is 4.79 Å². The van der Waals surface area contributed by atoms with Gasteiger partial charge in [0, 0.05) is 5.92 Å². The predicted octanol–water partition coefficient (Wildman–Crippen LogP) is 3.37. The Bertz CT molecular complexity index is 377. The Morgan fingerprint density at radius 2 is 2.12 bits per heavy atom. The summed E-state index contributed by atoms with van der Waals surface area (Å²) in [7, 11) is 0. The first-order valence-electron chi connectivity index (χ1n) is 6.66. The summed E-state index contributed by atoms with van der Waals surface area (Å²) in [6.45, 7) is 4.44. The molecule has 2 bridgehead atoms. The van der Waals surface area contributed by atoms with Crippen LogP contribution in [0.5, 0.6) is 0 Å². The van der Waals surface area contributed by atoms with Crippen molar-refractivity contribution in [3.63, 3.8) is 0 Å². The second kappa shape index (κ2) is 3.58. The van der Waals surface area contributed by atoms with Crippen LogP contribution in [-0.2, 0) is 4.79 Å². The minimum Gasteiger partial charge on any atom is -0.294 e. The van der Waals surface area contributed by atoms with Crippen LogP contribution in [0.1, 0.15) is 33.1 Å². The fraction of sp³-hybridized carbons (Fsp3) is 0.667. The van der Waals surface area contributed by atoms with E-state index in [1.165, 1.54) is 6.42 Å². The topological polar surface area (TPSA) is 17.1 Å². The van der Waals surface area contributed by atoms with Gasteiger partial charge in [-0.15, -0.1) is 0 Å². The average molecular weight is 216 g/mol. The molecule has 0 aliphatic heterocycles. The van der Waals surface area contributed by atoms with E-state index in [1.54, 1.807) is 0 Å². The number of carbonyl (C=O) groups excluding carboxylic acids is 1. The number of carbonyl (C=O) groups is 1. The predicted molar refractivity (Wildman–Crippen MR) is 64.9 cm³/mol. The summed E-state index contributed by atoms with van der Waals surface area (Å²) >= 11 is 0. The van der Waals surface area contributed by atoms with Crippen molar-refractivity contribution in [3.05, 3.63) is 23.8 Å². The van der Waals surface area contributed by atoms with Crippen molar-refractivity contribution in [2.75, 3.05) is 0 Å². The molecule has 0 heterocycles.